The van der Waals surface area contributed by atoms with Crippen LogP contribution in [0.15, 0.2) is 59.6 Å². The van der Waals surface area contributed by atoms with Gasteiger partial charge in [0.15, 0.2) is 5.13 Å². The van der Waals surface area contributed by atoms with Gasteiger partial charge < -0.3 is 14.6 Å². The van der Waals surface area contributed by atoms with Gasteiger partial charge in [0.2, 0.25) is 0 Å². The molecular weight excluding hydrogens is 476 g/mol. The maximum atomic E-state index is 13.3. The van der Waals surface area contributed by atoms with Crippen LogP contribution >= 0.6 is 11.3 Å². The molecule has 2 aliphatic rings. The molecule has 8 heteroatoms. The normalized spacial score (nSPS) is 20.6. The van der Waals surface area contributed by atoms with Gasteiger partial charge in [-0.2, -0.15) is 0 Å². The Morgan fingerprint density at radius 3 is 2.83 bits per heavy atom. The molecule has 0 radical (unpaired) electrons. The number of Topliss-reactive ketones (excluding diaryl/α,β-unsaturated/α-hetero) is 1. The van der Waals surface area contributed by atoms with Crippen molar-refractivity contribution < 1.29 is 24.2 Å². The zero-order valence-electron chi connectivity index (χ0n) is 20.4. The predicted molar refractivity (Wildman–Crippen MR) is 139 cm³/mol. The van der Waals surface area contributed by atoms with Gasteiger partial charge in [-0.25, -0.2) is 4.98 Å². The number of nitrogens with zero attached hydrogens (tertiary/aromatic N) is 2. The molecule has 0 bridgehead atoms. The van der Waals surface area contributed by atoms with Crippen molar-refractivity contribution in [3.63, 3.8) is 0 Å². The van der Waals surface area contributed by atoms with Crippen molar-refractivity contribution in [2.75, 3.05) is 11.5 Å². The summed E-state index contributed by atoms with van der Waals surface area (Å²) in [5.41, 5.74) is 2.11. The predicted octanol–water partition coefficient (Wildman–Crippen LogP) is 5.52. The molecule has 0 saturated carbocycles. The number of hydrogen-bond donors (Lipinski definition) is 1. The van der Waals surface area contributed by atoms with E-state index >= 15 is 0 Å². The van der Waals surface area contributed by atoms with Crippen LogP contribution in [0.2, 0.25) is 0 Å². The van der Waals surface area contributed by atoms with E-state index in [1.54, 1.807) is 23.7 Å². The SMILES string of the molecule is CC(C)CCOc1cccc([C@H]2/C(=C(\O)c3ccc4c(c3)C[C@@H](C)O4)C(=O)C(=O)N2c2nccs2)c1. The van der Waals surface area contributed by atoms with E-state index < -0.39 is 17.7 Å². The fourth-order valence-electron chi connectivity index (χ4n) is 4.59. The van der Waals surface area contributed by atoms with Gasteiger partial charge in [0.1, 0.15) is 23.4 Å². The second-order valence-corrected chi connectivity index (χ2v) is 10.4. The number of benzene rings is 2. The van der Waals surface area contributed by atoms with Crippen LogP contribution in [0.4, 0.5) is 5.13 Å². The Kier molecular flexibility index (Phi) is 6.53. The Morgan fingerprint density at radius 1 is 1.25 bits per heavy atom. The molecule has 2 aromatic carbocycles. The molecule has 1 fully saturated rings. The number of fused-ring (bicyclic) bond motifs is 1. The molecule has 3 aromatic rings. The van der Waals surface area contributed by atoms with Crippen molar-refractivity contribution in [3.8, 4) is 11.5 Å². The van der Waals surface area contributed by atoms with Crippen LogP contribution in [0.1, 0.15) is 49.9 Å². The third-order valence-electron chi connectivity index (χ3n) is 6.38. The van der Waals surface area contributed by atoms with E-state index in [1.807, 2.05) is 37.3 Å². The summed E-state index contributed by atoms with van der Waals surface area (Å²) >= 11 is 1.26. The summed E-state index contributed by atoms with van der Waals surface area (Å²) in [5, 5.41) is 13.6. The van der Waals surface area contributed by atoms with Crippen LogP contribution < -0.4 is 14.4 Å². The van der Waals surface area contributed by atoms with Gasteiger partial charge in [-0.1, -0.05) is 26.0 Å². The first-order valence-corrected chi connectivity index (χ1v) is 12.9. The van der Waals surface area contributed by atoms with Crippen LogP contribution in [0.25, 0.3) is 5.76 Å². The molecule has 1 aromatic heterocycles. The summed E-state index contributed by atoms with van der Waals surface area (Å²) in [6.07, 6.45) is 3.25. The number of anilines is 1. The number of ether oxygens (including phenoxy) is 2. The van der Waals surface area contributed by atoms with Gasteiger partial charge in [0, 0.05) is 23.6 Å². The molecule has 1 amide bonds. The standard InChI is InChI=1S/C28H28N2O5S/c1-16(2)9-11-34-21-6-4-5-18(15-21)24-23(26(32)27(33)30(24)28-29-10-12-36-28)25(31)19-7-8-22-20(14-19)13-17(3)35-22/h4-8,10,12,14-17,24,31H,9,11,13H2,1-3H3/b25-23+/t17-,24+/m1/s1. The number of aromatic nitrogens is 1. The average Bonchev–Trinajstić information content (AvgIpc) is 3.56. The summed E-state index contributed by atoms with van der Waals surface area (Å²) < 4.78 is 11.7. The van der Waals surface area contributed by atoms with E-state index in [-0.39, 0.29) is 17.4 Å². The fraction of sp³-hybridized carbons (Fsp3) is 0.321. The molecule has 0 spiro atoms. The first-order valence-electron chi connectivity index (χ1n) is 12.1. The van der Waals surface area contributed by atoms with Crippen LogP contribution in [0.5, 0.6) is 11.5 Å². The molecule has 0 aliphatic carbocycles. The van der Waals surface area contributed by atoms with E-state index in [0.29, 0.717) is 41.0 Å². The minimum Gasteiger partial charge on any atom is -0.507 e. The third kappa shape index (κ3) is 4.48. The Balaban J connectivity index is 1.59. The van der Waals surface area contributed by atoms with Gasteiger partial charge in [-0.15, -0.1) is 11.3 Å². The number of rotatable bonds is 7. The molecule has 36 heavy (non-hydrogen) atoms. The highest BCUT2D eigenvalue weighted by molar-refractivity contribution is 7.14. The van der Waals surface area contributed by atoms with Crippen molar-refractivity contribution in [2.24, 2.45) is 5.92 Å². The smallest absolute Gasteiger partial charge is 0.301 e. The average molecular weight is 505 g/mol. The number of hydrogen-bond acceptors (Lipinski definition) is 7. The van der Waals surface area contributed by atoms with Crippen LogP contribution in [0.3, 0.4) is 0 Å². The van der Waals surface area contributed by atoms with Crippen molar-refractivity contribution >= 4 is 33.9 Å². The molecule has 2 atom stereocenters. The van der Waals surface area contributed by atoms with Crippen LogP contribution in [-0.2, 0) is 16.0 Å². The Bertz CT molecular complexity index is 1330. The summed E-state index contributed by atoms with van der Waals surface area (Å²) in [5.74, 6) is 0.230. The van der Waals surface area contributed by atoms with E-state index in [4.69, 9.17) is 9.47 Å². The summed E-state index contributed by atoms with van der Waals surface area (Å²) in [6, 6.07) is 11.8. The van der Waals surface area contributed by atoms with Gasteiger partial charge in [0.25, 0.3) is 5.78 Å². The zero-order chi connectivity index (χ0) is 25.4. The van der Waals surface area contributed by atoms with E-state index in [2.05, 4.69) is 18.8 Å². The number of carbonyl (C=O) groups is 2. The first kappa shape index (κ1) is 24.1. The lowest BCUT2D eigenvalue weighted by atomic mass is 9.94. The molecular formula is C28H28N2O5S. The van der Waals surface area contributed by atoms with E-state index in [0.717, 1.165) is 17.7 Å². The minimum absolute atomic E-state index is 0.0291. The third-order valence-corrected chi connectivity index (χ3v) is 7.15. The van der Waals surface area contributed by atoms with Gasteiger partial charge in [-0.05, 0) is 60.7 Å². The highest BCUT2D eigenvalue weighted by Crippen LogP contribution is 2.44. The molecule has 5 rings (SSSR count). The highest BCUT2D eigenvalue weighted by atomic mass is 32.1. The Hall–Kier alpha value is -3.65. The summed E-state index contributed by atoms with van der Waals surface area (Å²) in [6.45, 7) is 6.80. The van der Waals surface area contributed by atoms with E-state index in [1.165, 1.54) is 16.2 Å². The highest BCUT2D eigenvalue weighted by Gasteiger charge is 2.48. The molecule has 2 aliphatic heterocycles. The largest absolute Gasteiger partial charge is 0.507 e. The van der Waals surface area contributed by atoms with Gasteiger partial charge >= 0.3 is 5.91 Å². The zero-order valence-corrected chi connectivity index (χ0v) is 21.2. The Morgan fingerprint density at radius 2 is 2.08 bits per heavy atom. The van der Waals surface area contributed by atoms with Crippen LogP contribution in [0, 0.1) is 5.92 Å². The monoisotopic (exact) mass is 504 g/mol. The fourth-order valence-corrected chi connectivity index (χ4v) is 5.26. The van der Waals surface area contributed by atoms with Crippen molar-refractivity contribution in [1.82, 2.24) is 4.98 Å². The summed E-state index contributed by atoms with van der Waals surface area (Å²) in [7, 11) is 0. The minimum atomic E-state index is -0.840. The quantitative estimate of drug-likeness (QED) is 0.259. The number of ketones is 1. The number of thiazole rings is 1. The second-order valence-electron chi connectivity index (χ2n) is 9.54. The van der Waals surface area contributed by atoms with Gasteiger partial charge in [-0.3, -0.25) is 14.5 Å². The molecule has 186 valence electrons. The maximum Gasteiger partial charge on any atom is 0.301 e. The lowest BCUT2D eigenvalue weighted by Gasteiger charge is -2.23. The number of amides is 1. The van der Waals surface area contributed by atoms with E-state index in [9.17, 15) is 14.7 Å². The number of aliphatic hydroxyl groups excluding tert-OH is 1. The van der Waals surface area contributed by atoms with Crippen LogP contribution in [-0.4, -0.2) is 34.5 Å². The maximum absolute atomic E-state index is 13.3. The molecule has 7 nitrogen and oxygen atoms in total. The Labute approximate surface area is 214 Å². The molecule has 1 saturated heterocycles. The lowest BCUT2D eigenvalue weighted by molar-refractivity contribution is -0.132. The number of aliphatic hydroxyl groups is 1. The number of carbonyl (C=O) groups excluding carboxylic acids is 2. The topological polar surface area (TPSA) is 89.0 Å². The van der Waals surface area contributed by atoms with Crippen molar-refractivity contribution in [3.05, 3.63) is 76.3 Å². The molecule has 1 N–H and O–H groups in total. The first-order chi connectivity index (χ1) is 17.3. The lowest BCUT2D eigenvalue weighted by Crippen LogP contribution is -2.29. The molecule has 3 heterocycles. The van der Waals surface area contributed by atoms with Crippen molar-refractivity contribution in [1.29, 1.82) is 0 Å². The summed E-state index contributed by atoms with van der Waals surface area (Å²) in [4.78, 5) is 32.2. The molecule has 0 unspecified atom stereocenters. The second kappa shape index (κ2) is 9.78. The van der Waals surface area contributed by atoms with Gasteiger partial charge in [0.05, 0.1) is 18.2 Å². The van der Waals surface area contributed by atoms with Crippen molar-refractivity contribution in [2.45, 2.75) is 45.8 Å².